The van der Waals surface area contributed by atoms with Crippen molar-refractivity contribution in [3.63, 3.8) is 0 Å². The number of rotatable bonds is 4. The predicted octanol–water partition coefficient (Wildman–Crippen LogP) is 1.77. The number of carbonyl (C=O) groups is 1. The molecule has 1 unspecified atom stereocenters. The molecule has 0 saturated carbocycles. The van der Waals surface area contributed by atoms with E-state index in [1.165, 1.54) is 12.7 Å². The quantitative estimate of drug-likeness (QED) is 0.668. The van der Waals surface area contributed by atoms with Gasteiger partial charge in [-0.3, -0.25) is 9.48 Å². The first-order valence-corrected chi connectivity index (χ1v) is 10.4. The van der Waals surface area contributed by atoms with Gasteiger partial charge in [-0.25, -0.2) is 4.98 Å². The van der Waals surface area contributed by atoms with Crippen molar-refractivity contribution in [2.45, 2.75) is 31.8 Å². The van der Waals surface area contributed by atoms with Crippen LogP contribution < -0.4 is 15.1 Å². The summed E-state index contributed by atoms with van der Waals surface area (Å²) in [6.07, 6.45) is 6.92. The maximum atomic E-state index is 12.9. The zero-order chi connectivity index (χ0) is 20.7. The number of oxazole rings is 1. The molecule has 2 saturated heterocycles. The van der Waals surface area contributed by atoms with E-state index in [-0.39, 0.29) is 11.6 Å². The van der Waals surface area contributed by atoms with Gasteiger partial charge in [0.15, 0.2) is 17.2 Å². The van der Waals surface area contributed by atoms with Gasteiger partial charge in [0.05, 0.1) is 11.8 Å². The van der Waals surface area contributed by atoms with Gasteiger partial charge in [0.25, 0.3) is 11.9 Å². The van der Waals surface area contributed by atoms with Crippen molar-refractivity contribution < 1.29 is 14.3 Å². The minimum Gasteiger partial charge on any atom is -0.431 e. The van der Waals surface area contributed by atoms with E-state index in [9.17, 15) is 9.90 Å². The topological polar surface area (TPSA) is 113 Å². The second kappa shape index (κ2) is 7.60. The number of β-amino-alcohol motifs (C(OH)–C–C–N with tert-alkyl or cyclic N) is 1. The normalized spacial score (nSPS) is 19.6. The van der Waals surface area contributed by atoms with E-state index in [1.54, 1.807) is 4.68 Å². The summed E-state index contributed by atoms with van der Waals surface area (Å²) in [5.41, 5.74) is 1.50. The van der Waals surface area contributed by atoms with Gasteiger partial charge < -0.3 is 24.6 Å². The highest BCUT2D eigenvalue weighted by Gasteiger charge is 2.26. The van der Waals surface area contributed by atoms with E-state index in [1.807, 2.05) is 24.2 Å². The number of hydrogen-bond acceptors (Lipinski definition) is 8. The molecule has 2 aliphatic heterocycles. The van der Waals surface area contributed by atoms with E-state index < -0.39 is 6.10 Å². The fourth-order valence-corrected chi connectivity index (χ4v) is 4.12. The standard InChI is InChI=1S/C20H25N7O3/c1-25-10-13-9-15(18(23-17(13)24-25)26-6-3-2-4-7-26)21-19(29)16-12-30-20(22-16)27-8-5-14(28)11-27/h9-10,12,14,28H,2-8,11H2,1H3,(H,21,29). The van der Waals surface area contributed by atoms with Crippen LogP contribution in [-0.2, 0) is 7.05 Å². The summed E-state index contributed by atoms with van der Waals surface area (Å²) in [5.74, 6) is 0.383. The van der Waals surface area contributed by atoms with Crippen molar-refractivity contribution in [1.29, 1.82) is 0 Å². The monoisotopic (exact) mass is 411 g/mol. The molecule has 10 nitrogen and oxygen atoms in total. The number of aromatic nitrogens is 4. The molecule has 10 heteroatoms. The average molecular weight is 411 g/mol. The third-order valence-corrected chi connectivity index (χ3v) is 5.65. The highest BCUT2D eigenvalue weighted by atomic mass is 16.4. The van der Waals surface area contributed by atoms with Crippen LogP contribution in [0.2, 0.25) is 0 Å². The molecule has 5 rings (SSSR count). The Labute approximate surface area is 173 Å². The zero-order valence-corrected chi connectivity index (χ0v) is 16.9. The van der Waals surface area contributed by atoms with Crippen molar-refractivity contribution in [3.8, 4) is 0 Å². The zero-order valence-electron chi connectivity index (χ0n) is 16.9. The predicted molar refractivity (Wildman–Crippen MR) is 112 cm³/mol. The lowest BCUT2D eigenvalue weighted by molar-refractivity contribution is 0.102. The van der Waals surface area contributed by atoms with Crippen LogP contribution in [0.15, 0.2) is 22.9 Å². The fourth-order valence-electron chi connectivity index (χ4n) is 4.12. The first-order chi connectivity index (χ1) is 14.6. The van der Waals surface area contributed by atoms with Crippen LogP contribution in [0.3, 0.4) is 0 Å². The first-order valence-electron chi connectivity index (χ1n) is 10.4. The largest absolute Gasteiger partial charge is 0.431 e. The molecule has 2 fully saturated rings. The van der Waals surface area contributed by atoms with Gasteiger partial charge in [-0.05, 0) is 31.7 Å². The highest BCUT2D eigenvalue weighted by Crippen LogP contribution is 2.30. The van der Waals surface area contributed by atoms with E-state index in [2.05, 4.69) is 20.3 Å². The molecule has 1 atom stereocenters. The van der Waals surface area contributed by atoms with Crippen LogP contribution >= 0.6 is 0 Å². The molecule has 0 spiro atoms. The molecular formula is C20H25N7O3. The summed E-state index contributed by atoms with van der Waals surface area (Å²) in [5, 5.41) is 17.9. The lowest BCUT2D eigenvalue weighted by Crippen LogP contribution is -2.31. The molecule has 3 aromatic rings. The summed E-state index contributed by atoms with van der Waals surface area (Å²) in [6.45, 7) is 2.92. The van der Waals surface area contributed by atoms with Crippen molar-refractivity contribution >= 4 is 34.5 Å². The molecule has 0 aliphatic carbocycles. The Morgan fingerprint density at radius 1 is 1.20 bits per heavy atom. The minimum atomic E-state index is -0.390. The number of anilines is 3. The summed E-state index contributed by atoms with van der Waals surface area (Å²) in [6, 6.07) is 2.27. The Hall–Kier alpha value is -3.14. The minimum absolute atomic E-state index is 0.197. The highest BCUT2D eigenvalue weighted by molar-refractivity contribution is 6.05. The van der Waals surface area contributed by atoms with Crippen molar-refractivity contribution in [2.75, 3.05) is 41.3 Å². The number of nitrogens with one attached hydrogen (secondary N) is 1. The number of hydrogen-bond donors (Lipinski definition) is 2. The smallest absolute Gasteiger partial charge is 0.298 e. The second-order valence-electron chi connectivity index (χ2n) is 7.98. The number of piperidine rings is 1. The summed E-state index contributed by atoms with van der Waals surface area (Å²) in [7, 11) is 1.85. The Morgan fingerprint density at radius 2 is 2.03 bits per heavy atom. The van der Waals surface area contributed by atoms with Crippen molar-refractivity contribution in [2.24, 2.45) is 7.05 Å². The molecule has 2 aliphatic rings. The molecule has 1 amide bonds. The third kappa shape index (κ3) is 3.58. The van der Waals surface area contributed by atoms with E-state index >= 15 is 0 Å². The van der Waals surface area contributed by atoms with Crippen molar-refractivity contribution in [3.05, 3.63) is 24.2 Å². The van der Waals surface area contributed by atoms with Gasteiger partial charge in [-0.15, -0.1) is 0 Å². The summed E-state index contributed by atoms with van der Waals surface area (Å²) in [4.78, 5) is 26.0. The first kappa shape index (κ1) is 18.9. The number of amides is 1. The number of aryl methyl sites for hydroxylation is 1. The Balaban J connectivity index is 1.42. The maximum Gasteiger partial charge on any atom is 0.298 e. The van der Waals surface area contributed by atoms with Crippen LogP contribution in [0.4, 0.5) is 17.5 Å². The molecule has 5 heterocycles. The molecule has 2 N–H and O–H groups in total. The summed E-state index contributed by atoms with van der Waals surface area (Å²) >= 11 is 0. The van der Waals surface area contributed by atoms with Gasteiger partial charge in [0, 0.05) is 44.8 Å². The number of carbonyl (C=O) groups excluding carboxylic acids is 1. The lowest BCUT2D eigenvalue weighted by atomic mass is 10.1. The molecular weight excluding hydrogens is 386 g/mol. The number of pyridine rings is 1. The van der Waals surface area contributed by atoms with Gasteiger partial charge >= 0.3 is 0 Å². The maximum absolute atomic E-state index is 12.9. The van der Waals surface area contributed by atoms with Crippen LogP contribution in [0.1, 0.15) is 36.2 Å². The van der Waals surface area contributed by atoms with Gasteiger partial charge in [0.1, 0.15) is 6.26 Å². The SMILES string of the molecule is Cn1cc2cc(NC(=O)c3coc(N4CCC(O)C4)n3)c(N3CCCCC3)nc2n1. The van der Waals surface area contributed by atoms with E-state index in [4.69, 9.17) is 9.40 Å². The summed E-state index contributed by atoms with van der Waals surface area (Å²) < 4.78 is 7.20. The molecule has 3 aromatic heterocycles. The van der Waals surface area contributed by atoms with Crippen LogP contribution in [0, 0.1) is 0 Å². The van der Waals surface area contributed by atoms with Gasteiger partial charge in [-0.1, -0.05) is 0 Å². The molecule has 158 valence electrons. The lowest BCUT2D eigenvalue weighted by Gasteiger charge is -2.29. The van der Waals surface area contributed by atoms with Gasteiger partial charge in [0.2, 0.25) is 0 Å². The molecule has 0 bridgehead atoms. The molecule has 30 heavy (non-hydrogen) atoms. The van der Waals surface area contributed by atoms with Gasteiger partial charge in [-0.2, -0.15) is 10.1 Å². The number of nitrogens with zero attached hydrogens (tertiary/aromatic N) is 6. The van der Waals surface area contributed by atoms with E-state index in [0.29, 0.717) is 36.9 Å². The number of aliphatic hydroxyl groups is 1. The van der Waals surface area contributed by atoms with Crippen molar-refractivity contribution in [1.82, 2.24) is 19.7 Å². The van der Waals surface area contributed by atoms with Crippen LogP contribution in [0.5, 0.6) is 0 Å². The number of fused-ring (bicyclic) bond motifs is 1. The molecule has 0 radical (unpaired) electrons. The second-order valence-corrected chi connectivity index (χ2v) is 7.98. The Bertz CT molecular complexity index is 1070. The van der Waals surface area contributed by atoms with Crippen LogP contribution in [-0.4, -0.2) is 63.0 Å². The van der Waals surface area contributed by atoms with Crippen LogP contribution in [0.25, 0.3) is 11.0 Å². The fraction of sp³-hybridized carbons (Fsp3) is 0.500. The Kier molecular flexibility index (Phi) is 4.78. The number of aliphatic hydroxyl groups excluding tert-OH is 1. The van der Waals surface area contributed by atoms with E-state index in [0.717, 1.165) is 37.1 Å². The third-order valence-electron chi connectivity index (χ3n) is 5.65. The Morgan fingerprint density at radius 3 is 2.80 bits per heavy atom. The molecule has 0 aromatic carbocycles. The average Bonchev–Trinajstić information content (AvgIpc) is 3.46.